The van der Waals surface area contributed by atoms with Gasteiger partial charge in [0.25, 0.3) is 0 Å². The number of amides is 1. The molecule has 2 nitrogen and oxygen atoms in total. The van der Waals surface area contributed by atoms with Gasteiger partial charge in [0.05, 0.1) is 0 Å². The predicted octanol–water partition coefficient (Wildman–Crippen LogP) is 5.17. The van der Waals surface area contributed by atoms with Crippen LogP contribution in [0, 0.1) is 29.1 Å². The zero-order valence-corrected chi connectivity index (χ0v) is 15.3. The Labute approximate surface area is 137 Å². The zero-order valence-electron chi connectivity index (χ0n) is 15.3. The molecule has 3 saturated carbocycles. The molecule has 0 aliphatic heterocycles. The lowest BCUT2D eigenvalue weighted by Gasteiger charge is -2.47. The summed E-state index contributed by atoms with van der Waals surface area (Å²) >= 11 is 0. The third-order valence-electron chi connectivity index (χ3n) is 6.00. The van der Waals surface area contributed by atoms with Crippen LogP contribution in [0.2, 0.25) is 0 Å². The molecule has 3 fully saturated rings. The minimum absolute atomic E-state index is 0.309. The molecule has 0 aromatic rings. The molecule has 0 radical (unpaired) electrons. The lowest BCUT2D eigenvalue weighted by Crippen LogP contribution is -2.45. The number of carbonyl (C=O) groups excluding carboxylic acids is 1. The van der Waals surface area contributed by atoms with Crippen LogP contribution in [-0.2, 0) is 4.79 Å². The van der Waals surface area contributed by atoms with Crippen LogP contribution in [0.4, 0.5) is 0 Å². The van der Waals surface area contributed by atoms with Gasteiger partial charge in [0.15, 0.2) is 0 Å². The van der Waals surface area contributed by atoms with Gasteiger partial charge in [-0.1, -0.05) is 53.4 Å². The first-order chi connectivity index (χ1) is 10.4. The number of unbranched alkanes of at least 4 members (excludes halogenated alkanes) is 2. The molecule has 4 unspecified atom stereocenters. The second-order valence-corrected chi connectivity index (χ2v) is 9.03. The summed E-state index contributed by atoms with van der Waals surface area (Å²) in [5.41, 5.74) is 0.309. The maximum Gasteiger partial charge on any atom is 0.223 e. The van der Waals surface area contributed by atoms with Gasteiger partial charge in [0.2, 0.25) is 5.91 Å². The van der Waals surface area contributed by atoms with Gasteiger partial charge in [-0.25, -0.2) is 0 Å². The highest BCUT2D eigenvalue weighted by Crippen LogP contribution is 2.49. The van der Waals surface area contributed by atoms with Crippen LogP contribution in [0.3, 0.4) is 0 Å². The van der Waals surface area contributed by atoms with Crippen molar-refractivity contribution < 1.29 is 4.79 Å². The molecule has 0 aromatic heterocycles. The molecule has 3 aliphatic carbocycles. The molecule has 1 amide bonds. The highest BCUT2D eigenvalue weighted by molar-refractivity contribution is 5.79. The van der Waals surface area contributed by atoms with Crippen LogP contribution < -0.4 is 5.32 Å². The van der Waals surface area contributed by atoms with Gasteiger partial charge in [-0.15, -0.1) is 0 Å². The fourth-order valence-corrected chi connectivity index (χ4v) is 4.58. The van der Waals surface area contributed by atoms with Crippen molar-refractivity contribution in [2.24, 2.45) is 29.1 Å². The Morgan fingerprint density at radius 1 is 1.09 bits per heavy atom. The molecular formula is C20H37NO. The summed E-state index contributed by atoms with van der Waals surface area (Å²) in [7, 11) is 0. The monoisotopic (exact) mass is 307 g/mol. The minimum Gasteiger partial charge on any atom is -0.356 e. The number of fused-ring (bicyclic) bond motifs is 3. The van der Waals surface area contributed by atoms with Gasteiger partial charge in [-0.3, -0.25) is 4.79 Å². The summed E-state index contributed by atoms with van der Waals surface area (Å²) in [5, 5.41) is 3.22. The second-order valence-electron chi connectivity index (χ2n) is 9.03. The Bertz CT molecular complexity index is 357. The molecule has 2 heteroatoms. The number of hydrogen-bond donors (Lipinski definition) is 1. The molecule has 3 aliphatic rings. The Kier molecular flexibility index (Phi) is 6.35. The molecule has 22 heavy (non-hydrogen) atoms. The van der Waals surface area contributed by atoms with Crippen LogP contribution in [0.15, 0.2) is 0 Å². The molecule has 0 saturated heterocycles. The summed E-state index contributed by atoms with van der Waals surface area (Å²) in [6.45, 7) is 9.84. The Balaban J connectivity index is 1.77. The van der Waals surface area contributed by atoms with Crippen molar-refractivity contribution in [1.82, 2.24) is 5.32 Å². The van der Waals surface area contributed by atoms with Crippen LogP contribution >= 0.6 is 0 Å². The van der Waals surface area contributed by atoms with E-state index in [1.54, 1.807) is 0 Å². The van der Waals surface area contributed by atoms with E-state index in [9.17, 15) is 4.79 Å². The quantitative estimate of drug-likeness (QED) is 0.646. The number of hydrogen-bond acceptors (Lipinski definition) is 1. The zero-order chi connectivity index (χ0) is 16.2. The van der Waals surface area contributed by atoms with Gasteiger partial charge in [0, 0.05) is 12.5 Å². The molecular weight excluding hydrogens is 270 g/mol. The van der Waals surface area contributed by atoms with Gasteiger partial charge < -0.3 is 5.32 Å². The van der Waals surface area contributed by atoms with E-state index in [4.69, 9.17) is 0 Å². The molecule has 1 N–H and O–H groups in total. The minimum atomic E-state index is 0.309. The van der Waals surface area contributed by atoms with Crippen molar-refractivity contribution in [3.63, 3.8) is 0 Å². The van der Waals surface area contributed by atoms with Crippen LogP contribution in [0.1, 0.15) is 85.5 Å². The van der Waals surface area contributed by atoms with E-state index in [0.717, 1.165) is 24.8 Å². The van der Waals surface area contributed by atoms with E-state index in [-0.39, 0.29) is 0 Å². The second kappa shape index (κ2) is 7.84. The van der Waals surface area contributed by atoms with Crippen LogP contribution in [0.5, 0.6) is 0 Å². The Morgan fingerprint density at radius 2 is 1.82 bits per heavy atom. The average Bonchev–Trinajstić information content (AvgIpc) is 2.46. The molecule has 4 atom stereocenters. The molecule has 3 rings (SSSR count). The average molecular weight is 308 g/mol. The lowest BCUT2D eigenvalue weighted by atomic mass is 9.58. The number of rotatable bonds is 7. The standard InChI is InChI=1S/C20H37NO/c1-5-6-7-8-15-13-17-10-9-16(15)14-18(17)19(22)21-12-11-20(2,3)4/h15-18H,5-14H2,1-4H3,(H,21,22). The predicted molar refractivity (Wildman–Crippen MR) is 93.7 cm³/mol. The summed E-state index contributed by atoms with van der Waals surface area (Å²) in [5.74, 6) is 3.10. The molecule has 0 heterocycles. The summed E-state index contributed by atoms with van der Waals surface area (Å²) in [4.78, 5) is 12.5. The fraction of sp³-hybridized carbons (Fsp3) is 0.950. The van der Waals surface area contributed by atoms with Crippen molar-refractivity contribution in [1.29, 1.82) is 0 Å². The first kappa shape index (κ1) is 17.8. The highest BCUT2D eigenvalue weighted by atomic mass is 16.1. The summed E-state index contributed by atoms with van der Waals surface area (Å²) in [6.07, 6.45) is 11.7. The van der Waals surface area contributed by atoms with Crippen molar-refractivity contribution in [2.45, 2.75) is 85.5 Å². The smallest absolute Gasteiger partial charge is 0.223 e. The van der Waals surface area contributed by atoms with E-state index < -0.39 is 0 Å². The first-order valence-electron chi connectivity index (χ1n) is 9.68. The Morgan fingerprint density at radius 3 is 2.41 bits per heavy atom. The van der Waals surface area contributed by atoms with Crippen molar-refractivity contribution >= 4 is 5.91 Å². The molecule has 128 valence electrons. The maximum atomic E-state index is 12.5. The van der Waals surface area contributed by atoms with E-state index in [0.29, 0.717) is 23.2 Å². The van der Waals surface area contributed by atoms with Gasteiger partial charge in [-0.05, 0) is 55.3 Å². The van der Waals surface area contributed by atoms with Crippen LogP contribution in [0.25, 0.3) is 0 Å². The van der Waals surface area contributed by atoms with Crippen molar-refractivity contribution in [3.05, 3.63) is 0 Å². The van der Waals surface area contributed by atoms with Gasteiger partial charge >= 0.3 is 0 Å². The van der Waals surface area contributed by atoms with Crippen LogP contribution in [-0.4, -0.2) is 12.5 Å². The Hall–Kier alpha value is -0.530. The third-order valence-corrected chi connectivity index (χ3v) is 6.00. The molecule has 2 bridgehead atoms. The van der Waals surface area contributed by atoms with E-state index in [1.807, 2.05) is 0 Å². The molecule has 0 spiro atoms. The van der Waals surface area contributed by atoms with Crippen molar-refractivity contribution in [3.8, 4) is 0 Å². The van der Waals surface area contributed by atoms with Gasteiger partial charge in [-0.2, -0.15) is 0 Å². The summed E-state index contributed by atoms with van der Waals surface area (Å²) < 4.78 is 0. The normalized spacial score (nSPS) is 31.3. The fourth-order valence-electron chi connectivity index (χ4n) is 4.58. The highest BCUT2D eigenvalue weighted by Gasteiger charge is 2.43. The third kappa shape index (κ3) is 4.99. The summed E-state index contributed by atoms with van der Waals surface area (Å²) in [6, 6.07) is 0. The SMILES string of the molecule is CCCCCC1CC2CCC1CC2C(=O)NCCC(C)(C)C. The number of carbonyl (C=O) groups is 1. The number of nitrogens with one attached hydrogen (secondary N) is 1. The van der Waals surface area contributed by atoms with Crippen molar-refractivity contribution in [2.75, 3.05) is 6.54 Å². The largest absolute Gasteiger partial charge is 0.356 e. The topological polar surface area (TPSA) is 29.1 Å². The lowest BCUT2D eigenvalue weighted by molar-refractivity contribution is -0.131. The van der Waals surface area contributed by atoms with E-state index in [1.165, 1.54) is 51.4 Å². The first-order valence-corrected chi connectivity index (χ1v) is 9.68. The van der Waals surface area contributed by atoms with E-state index >= 15 is 0 Å². The van der Waals surface area contributed by atoms with E-state index in [2.05, 4.69) is 33.0 Å². The van der Waals surface area contributed by atoms with Gasteiger partial charge in [0.1, 0.15) is 0 Å². The maximum absolute atomic E-state index is 12.5. The molecule has 0 aromatic carbocycles.